The van der Waals surface area contributed by atoms with E-state index in [-0.39, 0.29) is 17.7 Å². The molecular formula is C16H21NO3. The number of hydrogen-bond acceptors (Lipinski definition) is 2. The maximum absolute atomic E-state index is 12.4. The van der Waals surface area contributed by atoms with E-state index in [9.17, 15) is 9.59 Å². The molecule has 1 aliphatic carbocycles. The van der Waals surface area contributed by atoms with E-state index in [1.165, 1.54) is 5.56 Å². The fourth-order valence-electron chi connectivity index (χ4n) is 2.86. The number of carboxylic acid groups (broad SMARTS) is 1. The van der Waals surface area contributed by atoms with Gasteiger partial charge in [-0.25, -0.2) is 0 Å². The second-order valence-corrected chi connectivity index (χ2v) is 5.67. The zero-order valence-corrected chi connectivity index (χ0v) is 12.0. The van der Waals surface area contributed by atoms with E-state index in [4.69, 9.17) is 5.11 Å². The lowest BCUT2D eigenvalue weighted by molar-refractivity contribution is -0.141. The highest BCUT2D eigenvalue weighted by Gasteiger charge is 2.35. The largest absolute Gasteiger partial charge is 0.481 e. The van der Waals surface area contributed by atoms with E-state index in [1.807, 2.05) is 31.2 Å². The lowest BCUT2D eigenvalue weighted by Gasteiger charge is -2.22. The van der Waals surface area contributed by atoms with E-state index in [2.05, 4.69) is 0 Å². The van der Waals surface area contributed by atoms with Gasteiger partial charge in [0.15, 0.2) is 0 Å². The van der Waals surface area contributed by atoms with Crippen molar-refractivity contribution in [3.63, 3.8) is 0 Å². The molecule has 0 radical (unpaired) electrons. The lowest BCUT2D eigenvalue weighted by Crippen LogP contribution is -2.32. The third-order valence-corrected chi connectivity index (χ3v) is 4.18. The van der Waals surface area contributed by atoms with Crippen LogP contribution < -0.4 is 0 Å². The number of carbonyl (C=O) groups excluding carboxylic acids is 1. The Hall–Kier alpha value is -1.84. The van der Waals surface area contributed by atoms with Crippen LogP contribution in [0.1, 0.15) is 30.4 Å². The number of amides is 1. The Morgan fingerprint density at radius 3 is 2.50 bits per heavy atom. The van der Waals surface area contributed by atoms with E-state index in [0.717, 1.165) is 5.56 Å². The average molecular weight is 275 g/mol. The normalized spacial score (nSPS) is 21.7. The van der Waals surface area contributed by atoms with Crippen molar-refractivity contribution < 1.29 is 14.7 Å². The Morgan fingerprint density at radius 1 is 1.25 bits per heavy atom. The van der Waals surface area contributed by atoms with Gasteiger partial charge in [-0.1, -0.05) is 24.3 Å². The third kappa shape index (κ3) is 3.18. The molecule has 4 heteroatoms. The highest BCUT2D eigenvalue weighted by atomic mass is 16.4. The molecule has 2 atom stereocenters. The summed E-state index contributed by atoms with van der Waals surface area (Å²) < 4.78 is 0. The van der Waals surface area contributed by atoms with Gasteiger partial charge >= 0.3 is 5.97 Å². The molecule has 0 aliphatic heterocycles. The number of carbonyl (C=O) groups is 2. The number of nitrogens with zero attached hydrogens (tertiary/aromatic N) is 1. The fourth-order valence-corrected chi connectivity index (χ4v) is 2.86. The molecule has 0 aromatic heterocycles. The summed E-state index contributed by atoms with van der Waals surface area (Å²) in [6, 6.07) is 8.00. The van der Waals surface area contributed by atoms with Gasteiger partial charge in [-0.3, -0.25) is 9.59 Å². The molecule has 20 heavy (non-hydrogen) atoms. The molecule has 108 valence electrons. The van der Waals surface area contributed by atoms with Crippen molar-refractivity contribution in [2.45, 2.75) is 32.7 Å². The van der Waals surface area contributed by atoms with Gasteiger partial charge in [-0.2, -0.15) is 0 Å². The van der Waals surface area contributed by atoms with Crippen molar-refractivity contribution in [2.75, 3.05) is 7.05 Å². The van der Waals surface area contributed by atoms with Crippen LogP contribution in [0, 0.1) is 18.8 Å². The van der Waals surface area contributed by atoms with E-state index >= 15 is 0 Å². The first-order chi connectivity index (χ1) is 9.49. The molecule has 0 spiro atoms. The molecule has 1 aromatic rings. The molecule has 0 unspecified atom stereocenters. The Morgan fingerprint density at radius 2 is 1.90 bits per heavy atom. The smallest absolute Gasteiger partial charge is 0.306 e. The van der Waals surface area contributed by atoms with Gasteiger partial charge in [0.25, 0.3) is 0 Å². The minimum absolute atomic E-state index is 0.0667. The highest BCUT2D eigenvalue weighted by molar-refractivity contribution is 5.80. The lowest BCUT2D eigenvalue weighted by atomic mass is 10.0. The zero-order chi connectivity index (χ0) is 14.7. The third-order valence-electron chi connectivity index (χ3n) is 4.18. The van der Waals surface area contributed by atoms with Gasteiger partial charge in [-0.15, -0.1) is 0 Å². The van der Waals surface area contributed by atoms with Crippen LogP contribution in [0.4, 0.5) is 0 Å². The molecule has 4 nitrogen and oxygen atoms in total. The van der Waals surface area contributed by atoms with Crippen molar-refractivity contribution in [1.82, 2.24) is 4.90 Å². The Labute approximate surface area is 119 Å². The summed E-state index contributed by atoms with van der Waals surface area (Å²) in [5.41, 5.74) is 2.30. The first-order valence-corrected chi connectivity index (χ1v) is 7.01. The molecule has 1 saturated carbocycles. The number of rotatable bonds is 4. The van der Waals surface area contributed by atoms with Crippen LogP contribution in [0.5, 0.6) is 0 Å². The van der Waals surface area contributed by atoms with Crippen molar-refractivity contribution in [2.24, 2.45) is 11.8 Å². The molecule has 1 N–H and O–H groups in total. The minimum Gasteiger partial charge on any atom is -0.481 e. The zero-order valence-electron chi connectivity index (χ0n) is 12.0. The van der Waals surface area contributed by atoms with Crippen LogP contribution in [-0.4, -0.2) is 28.9 Å². The van der Waals surface area contributed by atoms with E-state index < -0.39 is 5.97 Å². The van der Waals surface area contributed by atoms with Crippen LogP contribution in [-0.2, 0) is 16.1 Å². The highest BCUT2D eigenvalue weighted by Crippen LogP contribution is 2.32. The van der Waals surface area contributed by atoms with Crippen molar-refractivity contribution in [3.8, 4) is 0 Å². The topological polar surface area (TPSA) is 57.6 Å². The van der Waals surface area contributed by atoms with Gasteiger partial charge in [0.05, 0.1) is 5.92 Å². The second-order valence-electron chi connectivity index (χ2n) is 5.67. The first-order valence-electron chi connectivity index (χ1n) is 7.01. The maximum Gasteiger partial charge on any atom is 0.306 e. The monoisotopic (exact) mass is 275 g/mol. The fraction of sp³-hybridized carbons (Fsp3) is 0.500. The molecule has 2 rings (SSSR count). The predicted molar refractivity (Wildman–Crippen MR) is 76.1 cm³/mol. The maximum atomic E-state index is 12.4. The molecule has 0 bridgehead atoms. The number of benzene rings is 1. The summed E-state index contributed by atoms with van der Waals surface area (Å²) in [6.07, 6.45) is 1.78. The average Bonchev–Trinajstić information content (AvgIpc) is 2.90. The second kappa shape index (κ2) is 6.07. The SMILES string of the molecule is Cc1ccccc1CN(C)C(=O)[C@@H]1CC[C@H](C(=O)O)C1. The van der Waals surface area contributed by atoms with Crippen LogP contribution in [0.15, 0.2) is 24.3 Å². The van der Waals surface area contributed by atoms with E-state index in [0.29, 0.717) is 25.8 Å². The van der Waals surface area contributed by atoms with Gasteiger partial charge in [-0.05, 0) is 37.3 Å². The summed E-state index contributed by atoms with van der Waals surface area (Å²) in [5, 5.41) is 9.00. The van der Waals surface area contributed by atoms with Gasteiger partial charge in [0.1, 0.15) is 0 Å². The Bertz CT molecular complexity index is 512. The van der Waals surface area contributed by atoms with Crippen molar-refractivity contribution >= 4 is 11.9 Å². The number of carboxylic acids is 1. The van der Waals surface area contributed by atoms with Crippen molar-refractivity contribution in [3.05, 3.63) is 35.4 Å². The molecule has 1 fully saturated rings. The summed E-state index contributed by atoms with van der Waals surface area (Å²) in [6.45, 7) is 2.61. The van der Waals surface area contributed by atoms with Gasteiger partial charge < -0.3 is 10.0 Å². The molecule has 1 aromatic carbocycles. The Kier molecular flexibility index (Phi) is 4.42. The summed E-state index contributed by atoms with van der Waals surface area (Å²) in [7, 11) is 1.79. The van der Waals surface area contributed by atoms with Crippen LogP contribution >= 0.6 is 0 Å². The standard InChI is InChI=1S/C16H21NO3/c1-11-5-3-4-6-14(11)10-17(2)15(18)12-7-8-13(9-12)16(19)20/h3-6,12-13H,7-10H2,1-2H3,(H,19,20)/t12-,13+/m1/s1. The van der Waals surface area contributed by atoms with Gasteiger partial charge in [0.2, 0.25) is 5.91 Å². The Balaban J connectivity index is 1.96. The molecule has 0 saturated heterocycles. The van der Waals surface area contributed by atoms with Gasteiger partial charge in [0, 0.05) is 19.5 Å². The first kappa shape index (κ1) is 14.6. The molecular weight excluding hydrogens is 254 g/mol. The minimum atomic E-state index is -0.776. The van der Waals surface area contributed by atoms with Crippen molar-refractivity contribution in [1.29, 1.82) is 0 Å². The quantitative estimate of drug-likeness (QED) is 0.918. The molecule has 0 heterocycles. The molecule has 1 amide bonds. The summed E-state index contributed by atoms with van der Waals surface area (Å²) >= 11 is 0. The van der Waals surface area contributed by atoms with Crippen LogP contribution in [0.3, 0.4) is 0 Å². The summed E-state index contributed by atoms with van der Waals surface area (Å²) in [5.74, 6) is -1.19. The number of aliphatic carboxylic acids is 1. The van der Waals surface area contributed by atoms with Crippen LogP contribution in [0.25, 0.3) is 0 Å². The summed E-state index contributed by atoms with van der Waals surface area (Å²) in [4.78, 5) is 25.0. The number of hydrogen-bond donors (Lipinski definition) is 1. The van der Waals surface area contributed by atoms with E-state index in [1.54, 1.807) is 11.9 Å². The predicted octanol–water partition coefficient (Wildman–Crippen LogP) is 2.45. The molecule has 1 aliphatic rings. The van der Waals surface area contributed by atoms with Crippen LogP contribution in [0.2, 0.25) is 0 Å². The number of aryl methyl sites for hydroxylation is 1.